The Labute approximate surface area is 90.5 Å². The average molecular weight is 244 g/mol. The molecule has 0 spiro atoms. The molecule has 1 fully saturated rings. The van der Waals surface area contributed by atoms with E-state index in [1.54, 1.807) is 13.8 Å². The Morgan fingerprint density at radius 1 is 1.62 bits per heavy atom. The maximum absolute atomic E-state index is 11.5. The third-order valence-electron chi connectivity index (χ3n) is 2.16. The zero-order valence-electron chi connectivity index (χ0n) is 7.42. The van der Waals surface area contributed by atoms with Gasteiger partial charge in [0, 0.05) is 13.8 Å². The van der Waals surface area contributed by atoms with Crippen LogP contribution in [0.3, 0.4) is 0 Å². The molecule has 0 radical (unpaired) electrons. The van der Waals surface area contributed by atoms with Crippen LogP contribution in [0.1, 0.15) is 13.8 Å². The van der Waals surface area contributed by atoms with Crippen LogP contribution in [0.25, 0.3) is 0 Å². The molecule has 1 rings (SSSR count). The van der Waals surface area contributed by atoms with E-state index in [1.165, 1.54) is 4.90 Å². The van der Waals surface area contributed by atoms with Crippen LogP contribution in [-0.4, -0.2) is 37.4 Å². The minimum atomic E-state index is -1.06. The summed E-state index contributed by atoms with van der Waals surface area (Å²) in [5, 5.41) is 0. The monoisotopic (exact) mass is 243 g/mol. The van der Waals surface area contributed by atoms with E-state index in [1.807, 2.05) is 0 Å². The number of hydrogen-bond donors (Lipinski definition) is 0. The highest BCUT2D eigenvalue weighted by molar-refractivity contribution is 7.93. The van der Waals surface area contributed by atoms with Crippen LogP contribution in [0.2, 0.25) is 0 Å². The lowest BCUT2D eigenvalue weighted by molar-refractivity contribution is -0.131. The molecule has 0 aromatic carbocycles. The number of carbonyl (C=O) groups excluding carboxylic acids is 1. The molecule has 13 heavy (non-hydrogen) atoms. The van der Waals surface area contributed by atoms with Crippen molar-refractivity contribution in [2.45, 2.75) is 23.6 Å². The van der Waals surface area contributed by atoms with E-state index in [4.69, 9.17) is 23.2 Å². The SMILES string of the molecule is CC1(C)N(C(=O)C(Cl)Cl)CC[S+]1[O-]. The van der Waals surface area contributed by atoms with Crippen molar-refractivity contribution in [3.8, 4) is 0 Å². The second-order valence-corrected chi connectivity index (χ2v) is 6.48. The van der Waals surface area contributed by atoms with E-state index in [0.29, 0.717) is 12.3 Å². The van der Waals surface area contributed by atoms with E-state index in [-0.39, 0.29) is 5.91 Å². The average Bonchev–Trinajstić information content (AvgIpc) is 2.26. The first-order chi connectivity index (χ1) is 5.87. The van der Waals surface area contributed by atoms with Crippen LogP contribution in [0.4, 0.5) is 0 Å². The molecule has 0 aliphatic carbocycles. The van der Waals surface area contributed by atoms with Gasteiger partial charge in [0.05, 0.1) is 6.54 Å². The van der Waals surface area contributed by atoms with Crippen molar-refractivity contribution >= 4 is 40.3 Å². The lowest BCUT2D eigenvalue weighted by Gasteiger charge is -2.30. The van der Waals surface area contributed by atoms with Gasteiger partial charge in [-0.1, -0.05) is 23.2 Å². The summed E-state index contributed by atoms with van der Waals surface area (Å²) < 4.78 is 11.5. The normalized spacial score (nSPS) is 26.9. The van der Waals surface area contributed by atoms with Crippen LogP contribution in [0, 0.1) is 0 Å². The molecule has 0 saturated carbocycles. The standard InChI is InChI=1S/C7H11Cl2NO2S/c1-7(2)10(3-4-13(7)12)6(11)5(8)9/h5H,3-4H2,1-2H3. The molecule has 0 bridgehead atoms. The first-order valence-corrected chi connectivity index (χ1v) is 6.04. The maximum Gasteiger partial charge on any atom is 0.260 e. The molecule has 76 valence electrons. The summed E-state index contributed by atoms with van der Waals surface area (Å²) in [6, 6.07) is 0. The highest BCUT2D eigenvalue weighted by Crippen LogP contribution is 2.30. The summed E-state index contributed by atoms with van der Waals surface area (Å²) in [6.45, 7) is 3.97. The number of halogens is 2. The Morgan fingerprint density at radius 3 is 2.46 bits per heavy atom. The molecular weight excluding hydrogens is 233 g/mol. The largest absolute Gasteiger partial charge is 0.614 e. The third-order valence-corrected chi connectivity index (χ3v) is 4.42. The molecule has 1 atom stereocenters. The van der Waals surface area contributed by atoms with Gasteiger partial charge in [-0.25, -0.2) is 0 Å². The van der Waals surface area contributed by atoms with Gasteiger partial charge in [0.1, 0.15) is 5.75 Å². The molecule has 1 unspecified atom stereocenters. The van der Waals surface area contributed by atoms with Gasteiger partial charge in [0.15, 0.2) is 9.71 Å². The van der Waals surface area contributed by atoms with Gasteiger partial charge in [0.2, 0.25) is 0 Å². The topological polar surface area (TPSA) is 43.4 Å². The number of alkyl halides is 2. The van der Waals surface area contributed by atoms with Crippen molar-refractivity contribution in [2.24, 2.45) is 0 Å². The lowest BCUT2D eigenvalue weighted by atomic mass is 10.3. The Hall–Kier alpha value is 0.360. The predicted molar refractivity (Wildman–Crippen MR) is 54.3 cm³/mol. The molecule has 0 N–H and O–H groups in total. The van der Waals surface area contributed by atoms with Gasteiger partial charge in [-0.2, -0.15) is 0 Å². The Balaban J connectivity index is 2.78. The van der Waals surface area contributed by atoms with E-state index >= 15 is 0 Å². The Bertz CT molecular complexity index is 223. The van der Waals surface area contributed by atoms with E-state index in [2.05, 4.69) is 0 Å². The smallest absolute Gasteiger partial charge is 0.260 e. The second-order valence-electron chi connectivity index (χ2n) is 3.29. The number of nitrogens with zero attached hydrogens (tertiary/aromatic N) is 1. The van der Waals surface area contributed by atoms with Crippen molar-refractivity contribution in [3.05, 3.63) is 0 Å². The minimum Gasteiger partial charge on any atom is -0.614 e. The van der Waals surface area contributed by atoms with E-state index in [9.17, 15) is 9.35 Å². The molecule has 0 aromatic rings. The van der Waals surface area contributed by atoms with Gasteiger partial charge in [0.25, 0.3) is 5.91 Å². The number of rotatable bonds is 1. The maximum atomic E-state index is 11.5. The zero-order valence-corrected chi connectivity index (χ0v) is 9.75. The number of carbonyl (C=O) groups is 1. The van der Waals surface area contributed by atoms with Gasteiger partial charge >= 0.3 is 0 Å². The van der Waals surface area contributed by atoms with Crippen LogP contribution in [-0.2, 0) is 16.0 Å². The summed E-state index contributed by atoms with van der Waals surface area (Å²) >= 11 is 9.90. The number of hydrogen-bond acceptors (Lipinski definition) is 2. The minimum absolute atomic E-state index is 0.362. The summed E-state index contributed by atoms with van der Waals surface area (Å²) in [6.07, 6.45) is 0. The highest BCUT2D eigenvalue weighted by atomic mass is 35.5. The van der Waals surface area contributed by atoms with Crippen molar-refractivity contribution in [1.82, 2.24) is 4.90 Å². The van der Waals surface area contributed by atoms with Gasteiger partial charge in [-0.3, -0.25) is 9.69 Å². The van der Waals surface area contributed by atoms with Crippen molar-refractivity contribution in [2.75, 3.05) is 12.3 Å². The molecular formula is C7H11Cl2NO2S. The summed E-state index contributed by atoms with van der Waals surface area (Å²) in [4.78, 5) is 11.2. The predicted octanol–water partition coefficient (Wildman–Crippen LogP) is 1.12. The van der Waals surface area contributed by atoms with Gasteiger partial charge in [-0.15, -0.1) is 0 Å². The van der Waals surface area contributed by atoms with Crippen molar-refractivity contribution in [3.63, 3.8) is 0 Å². The van der Waals surface area contributed by atoms with Crippen LogP contribution >= 0.6 is 23.2 Å². The van der Waals surface area contributed by atoms with E-state index < -0.39 is 20.9 Å². The summed E-state index contributed by atoms with van der Waals surface area (Å²) in [7, 11) is 0. The van der Waals surface area contributed by atoms with Crippen molar-refractivity contribution in [1.29, 1.82) is 0 Å². The van der Waals surface area contributed by atoms with Gasteiger partial charge in [-0.05, 0) is 11.2 Å². The fourth-order valence-electron chi connectivity index (χ4n) is 1.31. The Morgan fingerprint density at radius 2 is 2.15 bits per heavy atom. The molecule has 1 amide bonds. The zero-order chi connectivity index (χ0) is 10.2. The number of amides is 1. The van der Waals surface area contributed by atoms with Crippen LogP contribution < -0.4 is 0 Å². The molecule has 1 aliphatic heterocycles. The first-order valence-electron chi connectivity index (χ1n) is 3.85. The summed E-state index contributed by atoms with van der Waals surface area (Å²) in [5.41, 5.74) is 0. The fourth-order valence-corrected chi connectivity index (χ4v) is 2.82. The van der Waals surface area contributed by atoms with Gasteiger partial charge < -0.3 is 4.55 Å². The molecule has 1 saturated heterocycles. The lowest BCUT2D eigenvalue weighted by Crippen LogP contribution is -2.48. The molecule has 1 heterocycles. The fraction of sp³-hybridized carbons (Fsp3) is 0.857. The quantitative estimate of drug-likeness (QED) is 0.512. The third kappa shape index (κ3) is 2.06. The second kappa shape index (κ2) is 3.85. The summed E-state index contributed by atoms with van der Waals surface area (Å²) in [5.74, 6) is 0.137. The molecule has 0 aromatic heterocycles. The Kier molecular flexibility index (Phi) is 3.38. The molecule has 3 nitrogen and oxygen atoms in total. The molecule has 6 heteroatoms. The van der Waals surface area contributed by atoms with Crippen LogP contribution in [0.5, 0.6) is 0 Å². The van der Waals surface area contributed by atoms with Crippen molar-refractivity contribution < 1.29 is 9.35 Å². The first kappa shape index (κ1) is 11.4. The van der Waals surface area contributed by atoms with E-state index in [0.717, 1.165) is 0 Å². The molecule has 1 aliphatic rings. The van der Waals surface area contributed by atoms with Crippen LogP contribution in [0.15, 0.2) is 0 Å². The highest BCUT2D eigenvalue weighted by Gasteiger charge is 2.48.